The first-order chi connectivity index (χ1) is 13.1. The third kappa shape index (κ3) is 3.92. The smallest absolute Gasteiger partial charge is 0.350 e. The maximum absolute atomic E-state index is 13.4. The zero-order chi connectivity index (χ0) is 20.6. The fraction of sp³-hybridized carbons (Fsp3) is 0.0625. The molecule has 0 saturated heterocycles. The summed E-state index contributed by atoms with van der Waals surface area (Å²) in [6, 6.07) is 5.08. The summed E-state index contributed by atoms with van der Waals surface area (Å²) in [5.41, 5.74) is -1.12. The van der Waals surface area contributed by atoms with E-state index in [9.17, 15) is 26.7 Å². The van der Waals surface area contributed by atoms with Crippen LogP contribution >= 0.6 is 23.2 Å². The number of alkyl halides is 3. The highest BCUT2D eigenvalue weighted by molar-refractivity contribution is 6.39. The van der Waals surface area contributed by atoms with Gasteiger partial charge in [-0.1, -0.05) is 40.5 Å². The number of pyridine rings is 1. The van der Waals surface area contributed by atoms with E-state index < -0.39 is 51.0 Å². The van der Waals surface area contributed by atoms with E-state index in [-0.39, 0.29) is 11.3 Å². The summed E-state index contributed by atoms with van der Waals surface area (Å²) >= 11 is 11.2. The van der Waals surface area contributed by atoms with Crippen LogP contribution in [0.2, 0.25) is 10.0 Å². The van der Waals surface area contributed by atoms with Crippen LogP contribution in [0.3, 0.4) is 0 Å². The van der Waals surface area contributed by atoms with Crippen LogP contribution in [0, 0.1) is 11.9 Å². The summed E-state index contributed by atoms with van der Waals surface area (Å²) < 4.78 is 69.4. The molecule has 3 rings (SSSR count). The number of anilines is 1. The molecule has 0 saturated carbocycles. The number of nitrogens with one attached hydrogen (secondary N) is 1. The zero-order valence-corrected chi connectivity index (χ0v) is 14.8. The molecular weight excluding hydrogens is 432 g/mol. The summed E-state index contributed by atoms with van der Waals surface area (Å²) in [6.45, 7) is 0. The Kier molecular flexibility index (Phi) is 5.26. The van der Waals surface area contributed by atoms with Gasteiger partial charge in [-0.2, -0.15) is 26.9 Å². The van der Waals surface area contributed by atoms with Gasteiger partial charge in [0, 0.05) is 11.6 Å². The lowest BCUT2D eigenvalue weighted by Gasteiger charge is -2.08. The molecule has 3 aromatic rings. The molecule has 0 bridgehead atoms. The molecule has 12 heteroatoms. The Bertz CT molecular complexity index is 1030. The van der Waals surface area contributed by atoms with Gasteiger partial charge in [0.1, 0.15) is 15.7 Å². The molecule has 5 nitrogen and oxygen atoms in total. The molecule has 1 amide bonds. The van der Waals surface area contributed by atoms with E-state index in [0.29, 0.717) is 0 Å². The number of amides is 1. The van der Waals surface area contributed by atoms with Gasteiger partial charge < -0.3 is 9.84 Å². The molecule has 2 heterocycles. The minimum atomic E-state index is -4.50. The van der Waals surface area contributed by atoms with Crippen LogP contribution in [-0.2, 0) is 6.18 Å². The highest BCUT2D eigenvalue weighted by atomic mass is 35.5. The van der Waals surface area contributed by atoms with E-state index in [2.05, 4.69) is 15.5 Å². The molecule has 0 unspecified atom stereocenters. The average molecular weight is 438 g/mol. The number of benzene rings is 1. The lowest BCUT2D eigenvalue weighted by atomic mass is 10.1. The molecule has 0 aliphatic heterocycles. The van der Waals surface area contributed by atoms with Crippen molar-refractivity contribution in [3.05, 3.63) is 63.6 Å². The molecule has 28 heavy (non-hydrogen) atoms. The number of hydrogen-bond acceptors (Lipinski definition) is 4. The molecule has 0 atom stereocenters. The van der Waals surface area contributed by atoms with Gasteiger partial charge in [-0.25, -0.2) is 0 Å². The second-order valence-electron chi connectivity index (χ2n) is 5.30. The quantitative estimate of drug-likeness (QED) is 0.428. The standard InChI is InChI=1S/C16H6Cl2F5N3O2/c17-10-12(11(18)14(20)25-13(10)19)24-15(27)9-5-8(26-28-9)6-1-3-7(4-2-6)16(21,22)23/h1-5H,(H,24,25,27). The lowest BCUT2D eigenvalue weighted by Crippen LogP contribution is -2.13. The average Bonchev–Trinajstić information content (AvgIpc) is 3.13. The van der Waals surface area contributed by atoms with Crippen molar-refractivity contribution in [2.24, 2.45) is 0 Å². The van der Waals surface area contributed by atoms with Crippen LogP contribution in [0.25, 0.3) is 11.3 Å². The van der Waals surface area contributed by atoms with Crippen molar-refractivity contribution in [2.45, 2.75) is 6.18 Å². The molecule has 0 aliphatic rings. The number of hydrogen-bond donors (Lipinski definition) is 1. The van der Waals surface area contributed by atoms with E-state index >= 15 is 0 Å². The SMILES string of the molecule is O=C(Nc1c(Cl)c(F)nc(F)c1Cl)c1cc(-c2ccc(C(F)(F)F)cc2)no1. The summed E-state index contributed by atoms with van der Waals surface area (Å²) in [6.07, 6.45) is -4.50. The van der Waals surface area contributed by atoms with Crippen molar-refractivity contribution in [3.63, 3.8) is 0 Å². The monoisotopic (exact) mass is 437 g/mol. The third-order valence-corrected chi connectivity index (χ3v) is 4.17. The van der Waals surface area contributed by atoms with Gasteiger partial charge in [0.25, 0.3) is 5.91 Å². The summed E-state index contributed by atoms with van der Waals surface area (Å²) in [5, 5.41) is 4.20. The number of carbonyl (C=O) groups is 1. The van der Waals surface area contributed by atoms with Crippen LogP contribution in [-0.4, -0.2) is 16.0 Å². The second-order valence-corrected chi connectivity index (χ2v) is 6.06. The van der Waals surface area contributed by atoms with Crippen molar-refractivity contribution in [3.8, 4) is 11.3 Å². The molecular formula is C16H6Cl2F5N3O2. The summed E-state index contributed by atoms with van der Waals surface area (Å²) in [4.78, 5) is 15.0. The number of aromatic nitrogens is 2. The predicted molar refractivity (Wildman–Crippen MR) is 89.1 cm³/mol. The van der Waals surface area contributed by atoms with Crippen LogP contribution in [0.5, 0.6) is 0 Å². The molecule has 0 spiro atoms. The normalized spacial score (nSPS) is 11.5. The van der Waals surface area contributed by atoms with Crippen LogP contribution in [0.4, 0.5) is 27.6 Å². The third-order valence-electron chi connectivity index (χ3n) is 3.48. The van der Waals surface area contributed by atoms with Gasteiger partial charge in [-0.15, -0.1) is 0 Å². The van der Waals surface area contributed by atoms with E-state index in [4.69, 9.17) is 27.7 Å². The highest BCUT2D eigenvalue weighted by Crippen LogP contribution is 2.34. The van der Waals surface area contributed by atoms with Crippen molar-refractivity contribution in [1.29, 1.82) is 0 Å². The van der Waals surface area contributed by atoms with Crippen LogP contribution in [0.15, 0.2) is 34.9 Å². The highest BCUT2D eigenvalue weighted by Gasteiger charge is 2.30. The van der Waals surface area contributed by atoms with Gasteiger partial charge in [-0.05, 0) is 12.1 Å². The summed E-state index contributed by atoms with van der Waals surface area (Å²) in [7, 11) is 0. The van der Waals surface area contributed by atoms with Crippen molar-refractivity contribution in [2.75, 3.05) is 5.32 Å². The topological polar surface area (TPSA) is 68.0 Å². The molecule has 146 valence electrons. The Morgan fingerprint density at radius 2 is 1.61 bits per heavy atom. The Labute approximate surface area is 163 Å². The Hall–Kier alpha value is -2.72. The first-order valence-corrected chi connectivity index (χ1v) is 7.99. The van der Waals surface area contributed by atoms with Gasteiger partial charge in [0.15, 0.2) is 0 Å². The fourth-order valence-corrected chi connectivity index (χ4v) is 2.54. The van der Waals surface area contributed by atoms with Gasteiger partial charge in [0.05, 0.1) is 11.3 Å². The van der Waals surface area contributed by atoms with Gasteiger partial charge in [0.2, 0.25) is 17.7 Å². The molecule has 2 aromatic heterocycles. The largest absolute Gasteiger partial charge is 0.416 e. The molecule has 1 N–H and O–H groups in total. The number of carbonyl (C=O) groups excluding carboxylic acids is 1. The first kappa shape index (κ1) is 20.0. The van der Waals surface area contributed by atoms with Crippen molar-refractivity contribution >= 4 is 34.8 Å². The second kappa shape index (κ2) is 7.36. The minimum Gasteiger partial charge on any atom is -0.350 e. The molecule has 0 aliphatic carbocycles. The van der Waals surface area contributed by atoms with E-state index in [1.54, 1.807) is 0 Å². The van der Waals surface area contributed by atoms with Gasteiger partial charge in [-0.3, -0.25) is 4.79 Å². The van der Waals surface area contributed by atoms with E-state index in [0.717, 1.165) is 30.3 Å². The summed E-state index contributed by atoms with van der Waals surface area (Å²) in [5.74, 6) is -4.18. The van der Waals surface area contributed by atoms with Crippen molar-refractivity contribution in [1.82, 2.24) is 10.1 Å². The Morgan fingerprint density at radius 3 is 2.14 bits per heavy atom. The molecule has 0 fully saturated rings. The molecule has 0 radical (unpaired) electrons. The van der Waals surface area contributed by atoms with E-state index in [1.165, 1.54) is 0 Å². The predicted octanol–water partition coefficient (Wildman–Crippen LogP) is 5.59. The number of halogens is 7. The fourth-order valence-electron chi connectivity index (χ4n) is 2.12. The van der Waals surface area contributed by atoms with Crippen LogP contribution in [0.1, 0.15) is 16.1 Å². The first-order valence-electron chi connectivity index (χ1n) is 7.23. The van der Waals surface area contributed by atoms with E-state index in [1.807, 2.05) is 0 Å². The number of nitrogens with zero attached hydrogens (tertiary/aromatic N) is 2. The minimum absolute atomic E-state index is 0.0585. The Morgan fingerprint density at radius 1 is 1.04 bits per heavy atom. The maximum Gasteiger partial charge on any atom is 0.416 e. The Balaban J connectivity index is 1.84. The lowest BCUT2D eigenvalue weighted by molar-refractivity contribution is -0.137. The zero-order valence-electron chi connectivity index (χ0n) is 13.2. The van der Waals surface area contributed by atoms with Crippen LogP contribution < -0.4 is 5.32 Å². The van der Waals surface area contributed by atoms with Gasteiger partial charge >= 0.3 is 6.18 Å². The van der Waals surface area contributed by atoms with Crippen molar-refractivity contribution < 1.29 is 31.3 Å². The maximum atomic E-state index is 13.4. The molecule has 1 aromatic carbocycles. The number of rotatable bonds is 3.